The normalized spacial score (nSPS) is 11.1. The SMILES string of the molecule is COCCCOc1cc(CCC(C)(C)CNC=O)ccc1OC. The predicted molar refractivity (Wildman–Crippen MR) is 91.2 cm³/mol. The lowest BCUT2D eigenvalue weighted by molar-refractivity contribution is -0.109. The quantitative estimate of drug-likeness (QED) is 0.475. The van der Waals surface area contributed by atoms with Gasteiger partial charge in [-0.2, -0.15) is 0 Å². The van der Waals surface area contributed by atoms with Gasteiger partial charge in [-0.1, -0.05) is 19.9 Å². The van der Waals surface area contributed by atoms with Gasteiger partial charge in [0.15, 0.2) is 11.5 Å². The van der Waals surface area contributed by atoms with Crippen LogP contribution in [0.4, 0.5) is 0 Å². The summed E-state index contributed by atoms with van der Waals surface area (Å²) in [6.45, 7) is 6.25. The van der Waals surface area contributed by atoms with Gasteiger partial charge in [0.05, 0.1) is 13.7 Å². The van der Waals surface area contributed by atoms with E-state index in [1.54, 1.807) is 14.2 Å². The van der Waals surface area contributed by atoms with Crippen molar-refractivity contribution in [1.82, 2.24) is 5.32 Å². The van der Waals surface area contributed by atoms with Crippen LogP contribution in [0.1, 0.15) is 32.3 Å². The molecule has 0 saturated carbocycles. The minimum absolute atomic E-state index is 0.0559. The van der Waals surface area contributed by atoms with E-state index < -0.39 is 0 Å². The standard InChI is InChI=1S/C18H29NO4/c1-18(2,13-19-14-20)9-8-15-6-7-16(22-4)17(12-15)23-11-5-10-21-3/h6-7,12,14H,5,8-11,13H2,1-4H3,(H,19,20). The van der Waals surface area contributed by atoms with E-state index in [0.29, 0.717) is 19.8 Å². The Morgan fingerprint density at radius 3 is 2.61 bits per heavy atom. The number of rotatable bonds is 12. The molecular formula is C18H29NO4. The van der Waals surface area contributed by atoms with Crippen molar-refractivity contribution < 1.29 is 19.0 Å². The average molecular weight is 323 g/mol. The second-order valence-corrected chi connectivity index (χ2v) is 6.34. The highest BCUT2D eigenvalue weighted by molar-refractivity contribution is 5.46. The first-order chi connectivity index (χ1) is 11.0. The van der Waals surface area contributed by atoms with Crippen LogP contribution in [0.15, 0.2) is 18.2 Å². The number of carbonyl (C=O) groups is 1. The molecule has 0 heterocycles. The molecule has 0 fully saturated rings. The maximum absolute atomic E-state index is 10.4. The molecule has 0 atom stereocenters. The summed E-state index contributed by atoms with van der Waals surface area (Å²) >= 11 is 0. The van der Waals surface area contributed by atoms with Crippen LogP contribution in [-0.4, -0.2) is 40.4 Å². The molecule has 1 aromatic carbocycles. The number of ether oxygens (including phenoxy) is 3. The Morgan fingerprint density at radius 2 is 1.96 bits per heavy atom. The smallest absolute Gasteiger partial charge is 0.207 e. The maximum Gasteiger partial charge on any atom is 0.207 e. The largest absolute Gasteiger partial charge is 0.493 e. The van der Waals surface area contributed by atoms with Crippen LogP contribution < -0.4 is 14.8 Å². The summed E-state index contributed by atoms with van der Waals surface area (Å²) in [4.78, 5) is 10.4. The van der Waals surface area contributed by atoms with Crippen LogP contribution in [0.3, 0.4) is 0 Å². The van der Waals surface area contributed by atoms with Gasteiger partial charge in [-0.25, -0.2) is 0 Å². The third kappa shape index (κ3) is 7.37. The van der Waals surface area contributed by atoms with Crippen molar-refractivity contribution in [1.29, 1.82) is 0 Å². The van der Waals surface area contributed by atoms with Crippen molar-refractivity contribution in [2.45, 2.75) is 33.1 Å². The fourth-order valence-corrected chi connectivity index (χ4v) is 2.26. The molecule has 23 heavy (non-hydrogen) atoms. The Morgan fingerprint density at radius 1 is 1.17 bits per heavy atom. The molecule has 0 radical (unpaired) electrons. The van der Waals surface area contributed by atoms with E-state index >= 15 is 0 Å². The Labute approximate surface area is 139 Å². The zero-order chi connectivity index (χ0) is 17.1. The molecule has 0 unspecified atom stereocenters. The molecule has 5 heteroatoms. The van der Waals surface area contributed by atoms with E-state index in [4.69, 9.17) is 14.2 Å². The van der Waals surface area contributed by atoms with Crippen molar-refractivity contribution in [3.63, 3.8) is 0 Å². The van der Waals surface area contributed by atoms with E-state index in [1.165, 1.54) is 5.56 Å². The van der Waals surface area contributed by atoms with Crippen molar-refractivity contribution in [2.75, 3.05) is 34.0 Å². The van der Waals surface area contributed by atoms with E-state index in [1.807, 2.05) is 12.1 Å². The van der Waals surface area contributed by atoms with Gasteiger partial charge in [0.1, 0.15) is 0 Å². The zero-order valence-corrected chi connectivity index (χ0v) is 14.7. The highest BCUT2D eigenvalue weighted by atomic mass is 16.5. The second kappa shape index (κ2) is 10.1. The van der Waals surface area contributed by atoms with Gasteiger partial charge >= 0.3 is 0 Å². The Bertz CT molecular complexity index is 474. The van der Waals surface area contributed by atoms with Gasteiger partial charge in [-0.05, 0) is 36.0 Å². The fraction of sp³-hybridized carbons (Fsp3) is 0.611. The third-order valence-electron chi connectivity index (χ3n) is 3.73. The summed E-state index contributed by atoms with van der Waals surface area (Å²) < 4.78 is 16.2. The Balaban J connectivity index is 2.63. The Hall–Kier alpha value is -1.75. The number of hydrogen-bond donors (Lipinski definition) is 1. The monoisotopic (exact) mass is 323 g/mol. The highest BCUT2D eigenvalue weighted by Gasteiger charge is 2.17. The number of benzene rings is 1. The molecule has 0 saturated heterocycles. The van der Waals surface area contributed by atoms with E-state index in [0.717, 1.165) is 37.2 Å². The number of carbonyl (C=O) groups excluding carboxylic acids is 1. The fourth-order valence-electron chi connectivity index (χ4n) is 2.26. The average Bonchev–Trinajstić information content (AvgIpc) is 2.55. The van der Waals surface area contributed by atoms with Gasteiger partial charge in [-0.3, -0.25) is 4.79 Å². The molecule has 1 amide bonds. The first-order valence-corrected chi connectivity index (χ1v) is 7.98. The summed E-state index contributed by atoms with van der Waals surface area (Å²) in [7, 11) is 3.33. The molecule has 0 spiro atoms. The maximum atomic E-state index is 10.4. The van der Waals surface area contributed by atoms with Gasteiger partial charge in [0, 0.05) is 26.7 Å². The molecule has 0 bridgehead atoms. The van der Waals surface area contributed by atoms with Crippen LogP contribution >= 0.6 is 0 Å². The molecule has 0 aliphatic carbocycles. The predicted octanol–water partition coefficient (Wildman–Crippen LogP) is 2.82. The molecule has 0 aliphatic heterocycles. The molecule has 5 nitrogen and oxygen atoms in total. The molecule has 1 aromatic rings. The van der Waals surface area contributed by atoms with Crippen LogP contribution in [0.2, 0.25) is 0 Å². The summed E-state index contributed by atoms with van der Waals surface area (Å²) in [5.74, 6) is 1.51. The topological polar surface area (TPSA) is 56.8 Å². The summed E-state index contributed by atoms with van der Waals surface area (Å²) in [6.07, 6.45) is 3.49. The number of nitrogens with one attached hydrogen (secondary N) is 1. The number of amides is 1. The minimum atomic E-state index is 0.0559. The van der Waals surface area contributed by atoms with E-state index in [9.17, 15) is 4.79 Å². The van der Waals surface area contributed by atoms with Crippen molar-refractivity contribution in [3.8, 4) is 11.5 Å². The molecule has 0 aromatic heterocycles. The minimum Gasteiger partial charge on any atom is -0.493 e. The van der Waals surface area contributed by atoms with E-state index in [-0.39, 0.29) is 5.41 Å². The molecule has 0 aliphatic rings. The lowest BCUT2D eigenvalue weighted by Gasteiger charge is -2.24. The molecular weight excluding hydrogens is 294 g/mol. The zero-order valence-electron chi connectivity index (χ0n) is 14.7. The first-order valence-electron chi connectivity index (χ1n) is 7.98. The third-order valence-corrected chi connectivity index (χ3v) is 3.73. The lowest BCUT2D eigenvalue weighted by Crippen LogP contribution is -2.28. The number of methoxy groups -OCH3 is 2. The summed E-state index contributed by atoms with van der Waals surface area (Å²) in [6, 6.07) is 6.04. The lowest BCUT2D eigenvalue weighted by atomic mass is 9.86. The number of hydrogen-bond acceptors (Lipinski definition) is 4. The van der Waals surface area contributed by atoms with Gasteiger partial charge < -0.3 is 19.5 Å². The second-order valence-electron chi connectivity index (χ2n) is 6.34. The Kier molecular flexibility index (Phi) is 8.48. The van der Waals surface area contributed by atoms with Gasteiger partial charge in [0.25, 0.3) is 0 Å². The van der Waals surface area contributed by atoms with Crippen molar-refractivity contribution >= 4 is 6.41 Å². The van der Waals surface area contributed by atoms with Crippen LogP contribution in [0, 0.1) is 5.41 Å². The van der Waals surface area contributed by atoms with Gasteiger partial charge in [-0.15, -0.1) is 0 Å². The van der Waals surface area contributed by atoms with E-state index in [2.05, 4.69) is 25.2 Å². The van der Waals surface area contributed by atoms with Crippen LogP contribution in [-0.2, 0) is 16.0 Å². The van der Waals surface area contributed by atoms with Crippen LogP contribution in [0.25, 0.3) is 0 Å². The highest BCUT2D eigenvalue weighted by Crippen LogP contribution is 2.30. The summed E-state index contributed by atoms with van der Waals surface area (Å²) in [5, 5.41) is 2.76. The summed E-state index contributed by atoms with van der Waals surface area (Å²) in [5.41, 5.74) is 1.26. The number of aryl methyl sites for hydroxylation is 1. The molecule has 1 rings (SSSR count). The molecule has 1 N–H and O–H groups in total. The van der Waals surface area contributed by atoms with Gasteiger partial charge in [0.2, 0.25) is 6.41 Å². The molecule has 130 valence electrons. The van der Waals surface area contributed by atoms with Crippen molar-refractivity contribution in [3.05, 3.63) is 23.8 Å². The van der Waals surface area contributed by atoms with Crippen molar-refractivity contribution in [2.24, 2.45) is 5.41 Å². The first kappa shape index (κ1) is 19.3. The van der Waals surface area contributed by atoms with Crippen LogP contribution in [0.5, 0.6) is 11.5 Å².